The second-order valence-electron chi connectivity index (χ2n) is 5.00. The molecule has 1 aliphatic rings. The Morgan fingerprint density at radius 1 is 1.26 bits per heavy atom. The fourth-order valence-corrected chi connectivity index (χ4v) is 2.59. The van der Waals surface area contributed by atoms with Gasteiger partial charge in [0.15, 0.2) is 0 Å². The summed E-state index contributed by atoms with van der Waals surface area (Å²) in [6, 6.07) is 7.79. The maximum atomic E-state index is 11.9. The minimum atomic E-state index is 0.276. The molecule has 0 aliphatic carbocycles. The summed E-state index contributed by atoms with van der Waals surface area (Å²) in [6.45, 7) is 3.36. The topological polar surface area (TPSA) is 32.3 Å². The first kappa shape index (κ1) is 14.4. The highest BCUT2D eigenvalue weighted by molar-refractivity contribution is 6.30. The average Bonchev–Trinajstić information content (AvgIpc) is 2.44. The number of halogens is 1. The Balaban J connectivity index is 1.65. The standard InChI is InChI=1S/C15H21ClN2O/c16-14-6-4-5-13(11-14)12-17-8-7-15(19)18-9-2-1-3-10-18/h4-6,11,17H,1-3,7-10,12H2. The van der Waals surface area contributed by atoms with Crippen LogP contribution in [-0.2, 0) is 11.3 Å². The van der Waals surface area contributed by atoms with Crippen molar-refractivity contribution in [3.8, 4) is 0 Å². The van der Waals surface area contributed by atoms with Gasteiger partial charge in [0.2, 0.25) is 5.91 Å². The molecule has 1 amide bonds. The van der Waals surface area contributed by atoms with E-state index in [0.29, 0.717) is 6.42 Å². The summed E-state index contributed by atoms with van der Waals surface area (Å²) in [5.41, 5.74) is 1.15. The number of rotatable bonds is 5. The Morgan fingerprint density at radius 2 is 2.05 bits per heavy atom. The molecule has 1 aliphatic heterocycles. The van der Waals surface area contributed by atoms with Gasteiger partial charge in [-0.25, -0.2) is 0 Å². The van der Waals surface area contributed by atoms with Crippen molar-refractivity contribution in [2.24, 2.45) is 0 Å². The molecular weight excluding hydrogens is 260 g/mol. The van der Waals surface area contributed by atoms with E-state index in [-0.39, 0.29) is 5.91 Å². The van der Waals surface area contributed by atoms with E-state index < -0.39 is 0 Å². The Kier molecular flexibility index (Phi) is 5.67. The number of likely N-dealkylation sites (tertiary alicyclic amines) is 1. The number of carbonyl (C=O) groups excluding carboxylic acids is 1. The second kappa shape index (κ2) is 7.51. The van der Waals surface area contributed by atoms with E-state index in [1.165, 1.54) is 6.42 Å². The van der Waals surface area contributed by atoms with Crippen molar-refractivity contribution in [2.45, 2.75) is 32.2 Å². The van der Waals surface area contributed by atoms with E-state index in [4.69, 9.17) is 11.6 Å². The third-order valence-electron chi connectivity index (χ3n) is 3.44. The van der Waals surface area contributed by atoms with Crippen LogP contribution in [0.5, 0.6) is 0 Å². The van der Waals surface area contributed by atoms with Gasteiger partial charge in [-0.05, 0) is 37.0 Å². The molecule has 3 nitrogen and oxygen atoms in total. The van der Waals surface area contributed by atoms with Crippen LogP contribution in [0.4, 0.5) is 0 Å². The monoisotopic (exact) mass is 280 g/mol. The van der Waals surface area contributed by atoms with Gasteiger partial charge in [0.1, 0.15) is 0 Å². The summed E-state index contributed by atoms with van der Waals surface area (Å²) in [7, 11) is 0. The first-order valence-corrected chi connectivity index (χ1v) is 7.36. The summed E-state index contributed by atoms with van der Waals surface area (Å²) in [5, 5.41) is 4.05. The minimum absolute atomic E-state index is 0.276. The van der Waals surface area contributed by atoms with Crippen molar-refractivity contribution in [1.82, 2.24) is 10.2 Å². The maximum absolute atomic E-state index is 11.9. The third kappa shape index (κ3) is 4.84. The zero-order valence-electron chi connectivity index (χ0n) is 11.2. The normalized spacial score (nSPS) is 15.5. The van der Waals surface area contributed by atoms with Crippen molar-refractivity contribution >= 4 is 17.5 Å². The molecule has 1 N–H and O–H groups in total. The van der Waals surface area contributed by atoms with Gasteiger partial charge in [0.05, 0.1) is 0 Å². The molecule has 2 rings (SSSR count). The van der Waals surface area contributed by atoms with Gasteiger partial charge in [-0.3, -0.25) is 4.79 Å². The highest BCUT2D eigenvalue weighted by Crippen LogP contribution is 2.11. The molecule has 1 heterocycles. The number of amides is 1. The molecule has 4 heteroatoms. The van der Waals surface area contributed by atoms with Gasteiger partial charge in [0, 0.05) is 37.6 Å². The van der Waals surface area contributed by atoms with Crippen molar-refractivity contribution in [1.29, 1.82) is 0 Å². The summed E-state index contributed by atoms with van der Waals surface area (Å²) >= 11 is 5.92. The van der Waals surface area contributed by atoms with Crippen molar-refractivity contribution in [3.05, 3.63) is 34.9 Å². The molecule has 0 bridgehead atoms. The molecule has 104 valence electrons. The number of hydrogen-bond donors (Lipinski definition) is 1. The van der Waals surface area contributed by atoms with Crippen LogP contribution in [0.2, 0.25) is 5.02 Å². The Bertz CT molecular complexity index is 416. The molecule has 0 spiro atoms. The molecule has 19 heavy (non-hydrogen) atoms. The number of nitrogens with one attached hydrogen (secondary N) is 1. The van der Waals surface area contributed by atoms with Crippen LogP contribution in [0, 0.1) is 0 Å². The lowest BCUT2D eigenvalue weighted by molar-refractivity contribution is -0.131. The van der Waals surface area contributed by atoms with Crippen LogP contribution in [0.3, 0.4) is 0 Å². The zero-order chi connectivity index (χ0) is 13.5. The molecule has 1 aromatic carbocycles. The van der Waals surface area contributed by atoms with Gasteiger partial charge in [-0.2, -0.15) is 0 Å². The van der Waals surface area contributed by atoms with E-state index in [0.717, 1.165) is 49.6 Å². The molecule has 1 saturated heterocycles. The molecule has 1 fully saturated rings. The molecular formula is C15H21ClN2O. The van der Waals surface area contributed by atoms with E-state index in [9.17, 15) is 4.79 Å². The van der Waals surface area contributed by atoms with Crippen LogP contribution in [0.25, 0.3) is 0 Å². The van der Waals surface area contributed by atoms with Gasteiger partial charge >= 0.3 is 0 Å². The van der Waals surface area contributed by atoms with E-state index in [1.807, 2.05) is 29.2 Å². The van der Waals surface area contributed by atoms with Gasteiger partial charge in [-0.1, -0.05) is 23.7 Å². The maximum Gasteiger partial charge on any atom is 0.223 e. The Morgan fingerprint density at radius 3 is 2.79 bits per heavy atom. The van der Waals surface area contributed by atoms with Gasteiger partial charge in [0.25, 0.3) is 0 Å². The summed E-state index contributed by atoms with van der Waals surface area (Å²) in [4.78, 5) is 13.9. The number of nitrogens with zero attached hydrogens (tertiary/aromatic N) is 1. The Hall–Kier alpha value is -1.06. The number of hydrogen-bond acceptors (Lipinski definition) is 2. The van der Waals surface area contributed by atoms with Crippen LogP contribution in [0.15, 0.2) is 24.3 Å². The zero-order valence-corrected chi connectivity index (χ0v) is 12.0. The van der Waals surface area contributed by atoms with Crippen LogP contribution in [0.1, 0.15) is 31.2 Å². The quantitative estimate of drug-likeness (QED) is 0.841. The van der Waals surface area contributed by atoms with Crippen LogP contribution >= 0.6 is 11.6 Å². The number of carbonyl (C=O) groups is 1. The molecule has 0 unspecified atom stereocenters. The van der Waals surface area contributed by atoms with Gasteiger partial charge in [-0.15, -0.1) is 0 Å². The van der Waals surface area contributed by atoms with Gasteiger partial charge < -0.3 is 10.2 Å². The lowest BCUT2D eigenvalue weighted by Gasteiger charge is -2.26. The minimum Gasteiger partial charge on any atom is -0.343 e. The molecule has 0 radical (unpaired) electrons. The highest BCUT2D eigenvalue weighted by atomic mass is 35.5. The summed E-state index contributed by atoms with van der Waals surface area (Å²) in [5.74, 6) is 0.276. The predicted molar refractivity (Wildman–Crippen MR) is 78.2 cm³/mol. The molecule has 1 aromatic rings. The fraction of sp³-hybridized carbons (Fsp3) is 0.533. The first-order chi connectivity index (χ1) is 9.25. The average molecular weight is 281 g/mol. The SMILES string of the molecule is O=C(CCNCc1cccc(Cl)c1)N1CCCCC1. The molecule has 0 saturated carbocycles. The van der Waals surface area contributed by atoms with Crippen LogP contribution in [-0.4, -0.2) is 30.4 Å². The third-order valence-corrected chi connectivity index (χ3v) is 3.68. The molecule has 0 aromatic heterocycles. The van der Waals surface area contributed by atoms with Crippen LogP contribution < -0.4 is 5.32 Å². The Labute approximate surface area is 119 Å². The number of piperidine rings is 1. The van der Waals surface area contributed by atoms with Crippen molar-refractivity contribution in [2.75, 3.05) is 19.6 Å². The summed E-state index contributed by atoms with van der Waals surface area (Å²) in [6.07, 6.45) is 4.15. The lowest BCUT2D eigenvalue weighted by atomic mass is 10.1. The van der Waals surface area contributed by atoms with E-state index in [1.54, 1.807) is 0 Å². The predicted octanol–water partition coefficient (Wildman–Crippen LogP) is 2.83. The lowest BCUT2D eigenvalue weighted by Crippen LogP contribution is -2.37. The highest BCUT2D eigenvalue weighted by Gasteiger charge is 2.15. The number of benzene rings is 1. The van der Waals surface area contributed by atoms with Crippen molar-refractivity contribution in [3.63, 3.8) is 0 Å². The smallest absolute Gasteiger partial charge is 0.223 e. The molecule has 0 atom stereocenters. The first-order valence-electron chi connectivity index (χ1n) is 6.98. The largest absolute Gasteiger partial charge is 0.343 e. The van der Waals surface area contributed by atoms with Crippen molar-refractivity contribution < 1.29 is 4.79 Å². The second-order valence-corrected chi connectivity index (χ2v) is 5.43. The summed E-state index contributed by atoms with van der Waals surface area (Å²) < 4.78 is 0. The van der Waals surface area contributed by atoms with E-state index >= 15 is 0 Å². The fourth-order valence-electron chi connectivity index (χ4n) is 2.38. The van der Waals surface area contributed by atoms with E-state index in [2.05, 4.69) is 5.32 Å².